The quantitative estimate of drug-likeness (QED) is 0.793. The Hall–Kier alpha value is -3.76. The van der Waals surface area contributed by atoms with E-state index in [2.05, 4.69) is 23.2 Å². The molecule has 3 N–H and O–H groups in total. The zero-order valence-electron chi connectivity index (χ0n) is 16.3. The third kappa shape index (κ3) is 3.98. The second-order valence-electron chi connectivity index (χ2n) is 6.18. The Balaban J connectivity index is 2.67. The molecule has 0 saturated heterocycles. The average molecular weight is 375 g/mol. The number of nitrogens with two attached hydrogens (primary N) is 1. The van der Waals surface area contributed by atoms with Gasteiger partial charge in [-0.25, -0.2) is 4.98 Å². The van der Waals surface area contributed by atoms with Crippen molar-refractivity contribution in [3.8, 4) is 24.0 Å². The number of pyridine rings is 1. The molecule has 0 amide bonds. The highest BCUT2D eigenvalue weighted by atomic mass is 16.5. The van der Waals surface area contributed by atoms with Crippen LogP contribution in [0.2, 0.25) is 0 Å². The fourth-order valence-electron chi connectivity index (χ4n) is 3.26. The molecule has 0 aliphatic carbocycles. The second-order valence-corrected chi connectivity index (χ2v) is 6.18. The van der Waals surface area contributed by atoms with Gasteiger partial charge in [0.05, 0.1) is 32.2 Å². The Kier molecular flexibility index (Phi) is 6.79. The number of hydrogen-bond acceptors (Lipinski definition) is 6. The van der Waals surface area contributed by atoms with E-state index in [0.29, 0.717) is 36.6 Å². The van der Waals surface area contributed by atoms with Gasteiger partial charge in [0.25, 0.3) is 0 Å². The van der Waals surface area contributed by atoms with Crippen LogP contribution in [0.5, 0.6) is 5.75 Å². The van der Waals surface area contributed by atoms with E-state index in [1.165, 1.54) is 0 Å². The standard InChI is InChI=1S/C21H22N6O/c1-4-27(5-2)21-18(13-24)19(17(12-23)20(25)26-21)15(11-22)9-14-7-6-8-16(10-14)28-3/h6-8,10,15H,4-5,9H2,1-3H3,(H2,25,26)/p+1/t15-/m1/s1. The molecule has 1 heterocycles. The average Bonchev–Trinajstić information content (AvgIpc) is 2.72. The summed E-state index contributed by atoms with van der Waals surface area (Å²) in [5.74, 6) is 0.664. The van der Waals surface area contributed by atoms with Crippen molar-refractivity contribution in [1.82, 2.24) is 0 Å². The highest BCUT2D eigenvalue weighted by Crippen LogP contribution is 2.33. The van der Waals surface area contributed by atoms with Crippen molar-refractivity contribution in [3.63, 3.8) is 0 Å². The van der Waals surface area contributed by atoms with Gasteiger partial charge in [-0.05, 0) is 38.0 Å². The van der Waals surface area contributed by atoms with E-state index in [0.717, 1.165) is 5.56 Å². The second kappa shape index (κ2) is 9.26. The van der Waals surface area contributed by atoms with Crippen molar-refractivity contribution in [2.24, 2.45) is 0 Å². The Morgan fingerprint density at radius 2 is 1.82 bits per heavy atom. The summed E-state index contributed by atoms with van der Waals surface area (Å²) in [4.78, 5) is 4.92. The largest absolute Gasteiger partial charge is 0.497 e. The van der Waals surface area contributed by atoms with E-state index in [1.54, 1.807) is 7.11 Å². The Morgan fingerprint density at radius 3 is 2.36 bits per heavy atom. The summed E-state index contributed by atoms with van der Waals surface area (Å²) in [7, 11) is 1.58. The zero-order chi connectivity index (χ0) is 20.7. The van der Waals surface area contributed by atoms with Crippen LogP contribution in [0.3, 0.4) is 0 Å². The number of nitriles is 3. The van der Waals surface area contributed by atoms with Crippen LogP contribution in [0.4, 0.5) is 11.6 Å². The number of ether oxygens (including phenoxy) is 1. The van der Waals surface area contributed by atoms with Crippen molar-refractivity contribution in [2.75, 3.05) is 30.8 Å². The lowest BCUT2D eigenvalue weighted by Gasteiger charge is -2.20. The third-order valence-electron chi connectivity index (χ3n) is 4.68. The van der Waals surface area contributed by atoms with Gasteiger partial charge in [-0.1, -0.05) is 12.1 Å². The van der Waals surface area contributed by atoms with Crippen LogP contribution in [-0.2, 0) is 6.42 Å². The number of methoxy groups -OCH3 is 1. The van der Waals surface area contributed by atoms with Crippen molar-refractivity contribution in [3.05, 3.63) is 46.5 Å². The van der Waals surface area contributed by atoms with Gasteiger partial charge in [-0.15, -0.1) is 0 Å². The SMILES string of the molecule is CCN(CC)c1[nH+]c(N)c(C#N)c([C@@H](C#N)Cc2cccc(OC)c2)c1C#N. The van der Waals surface area contributed by atoms with Crippen LogP contribution in [0.1, 0.15) is 42.0 Å². The molecule has 0 aliphatic rings. The third-order valence-corrected chi connectivity index (χ3v) is 4.68. The molecular formula is C21H23N6O+. The lowest BCUT2D eigenvalue weighted by Crippen LogP contribution is -2.33. The van der Waals surface area contributed by atoms with Crippen molar-refractivity contribution in [1.29, 1.82) is 15.8 Å². The molecule has 28 heavy (non-hydrogen) atoms. The maximum atomic E-state index is 9.88. The van der Waals surface area contributed by atoms with Crippen LogP contribution in [0, 0.1) is 34.0 Å². The number of H-pyrrole nitrogens is 1. The molecule has 1 aromatic heterocycles. The Morgan fingerprint density at radius 1 is 1.14 bits per heavy atom. The maximum Gasteiger partial charge on any atom is 0.240 e. The summed E-state index contributed by atoms with van der Waals surface area (Å²) in [5, 5.41) is 29.4. The fraction of sp³-hybridized carbons (Fsp3) is 0.333. The summed E-state index contributed by atoms with van der Waals surface area (Å²) >= 11 is 0. The first-order chi connectivity index (χ1) is 13.5. The van der Waals surface area contributed by atoms with Gasteiger partial charge in [0.2, 0.25) is 11.6 Å². The Labute approximate surface area is 165 Å². The first-order valence-electron chi connectivity index (χ1n) is 9.00. The number of nitrogen functional groups attached to an aromatic ring is 1. The molecule has 2 rings (SSSR count). The molecule has 0 unspecified atom stereocenters. The molecule has 1 aromatic carbocycles. The highest BCUT2D eigenvalue weighted by Gasteiger charge is 2.30. The minimum absolute atomic E-state index is 0.141. The van der Waals surface area contributed by atoms with Gasteiger partial charge in [0, 0.05) is 5.56 Å². The van der Waals surface area contributed by atoms with Gasteiger partial charge < -0.3 is 10.5 Å². The van der Waals surface area contributed by atoms with Crippen LogP contribution in [0.15, 0.2) is 24.3 Å². The molecule has 0 aliphatic heterocycles. The maximum absolute atomic E-state index is 9.88. The molecule has 1 atom stereocenters. The molecule has 0 fully saturated rings. The summed E-state index contributed by atoms with van der Waals surface area (Å²) < 4.78 is 5.25. The number of rotatable bonds is 7. The zero-order valence-corrected chi connectivity index (χ0v) is 16.3. The minimum atomic E-state index is -0.706. The van der Waals surface area contributed by atoms with E-state index in [4.69, 9.17) is 10.5 Å². The van der Waals surface area contributed by atoms with Gasteiger partial charge in [0.15, 0.2) is 0 Å². The molecule has 0 bridgehead atoms. The van der Waals surface area contributed by atoms with Gasteiger partial charge >= 0.3 is 0 Å². The topological polar surface area (TPSA) is 124 Å². The van der Waals surface area contributed by atoms with Crippen molar-refractivity contribution in [2.45, 2.75) is 26.2 Å². The predicted molar refractivity (Wildman–Crippen MR) is 105 cm³/mol. The van der Waals surface area contributed by atoms with Crippen LogP contribution < -0.4 is 20.4 Å². The van der Waals surface area contributed by atoms with Gasteiger partial charge in [-0.3, -0.25) is 4.90 Å². The normalized spacial score (nSPS) is 11.0. The molecule has 2 aromatic rings. The van der Waals surface area contributed by atoms with Gasteiger partial charge in [0.1, 0.15) is 29.0 Å². The van der Waals surface area contributed by atoms with E-state index >= 15 is 0 Å². The smallest absolute Gasteiger partial charge is 0.240 e. The van der Waals surface area contributed by atoms with Crippen molar-refractivity contribution >= 4 is 11.6 Å². The van der Waals surface area contributed by atoms with Crippen molar-refractivity contribution < 1.29 is 9.72 Å². The molecule has 7 heteroatoms. The number of anilines is 2. The molecule has 7 nitrogen and oxygen atoms in total. The number of nitrogens with one attached hydrogen (secondary N) is 1. The van der Waals surface area contributed by atoms with E-state index < -0.39 is 5.92 Å². The first kappa shape index (κ1) is 20.6. The lowest BCUT2D eigenvalue weighted by atomic mass is 9.87. The first-order valence-corrected chi connectivity index (χ1v) is 9.00. The van der Waals surface area contributed by atoms with Crippen LogP contribution in [0.25, 0.3) is 0 Å². The molecule has 142 valence electrons. The van der Waals surface area contributed by atoms with Crippen LogP contribution >= 0.6 is 0 Å². The molecule has 0 saturated carbocycles. The van der Waals surface area contributed by atoms with E-state index in [9.17, 15) is 15.8 Å². The molecular weight excluding hydrogens is 352 g/mol. The minimum Gasteiger partial charge on any atom is -0.497 e. The monoisotopic (exact) mass is 375 g/mol. The number of hydrogen-bond donors (Lipinski definition) is 1. The summed E-state index contributed by atoms with van der Waals surface area (Å²) in [6.45, 7) is 5.23. The predicted octanol–water partition coefficient (Wildman–Crippen LogP) is 2.53. The summed E-state index contributed by atoms with van der Waals surface area (Å²) in [6.07, 6.45) is 0.332. The number of nitrogens with zero attached hydrogens (tertiary/aromatic N) is 4. The number of aromatic nitrogens is 1. The summed E-state index contributed by atoms with van der Waals surface area (Å²) in [5.41, 5.74) is 7.75. The highest BCUT2D eigenvalue weighted by molar-refractivity contribution is 5.66. The lowest BCUT2D eigenvalue weighted by molar-refractivity contribution is -0.346. The van der Waals surface area contributed by atoms with E-state index in [1.807, 2.05) is 43.0 Å². The van der Waals surface area contributed by atoms with Crippen LogP contribution in [-0.4, -0.2) is 20.2 Å². The molecule has 0 radical (unpaired) electrons. The number of benzene rings is 1. The van der Waals surface area contributed by atoms with Gasteiger partial charge in [-0.2, -0.15) is 15.8 Å². The van der Waals surface area contributed by atoms with E-state index in [-0.39, 0.29) is 16.9 Å². The summed E-state index contributed by atoms with van der Waals surface area (Å²) in [6, 6.07) is 13.9. The fourth-order valence-corrected chi connectivity index (χ4v) is 3.26. The number of aromatic amines is 1. The molecule has 0 spiro atoms. The Bertz CT molecular complexity index is 976.